The molecular formula is C29H38N7O8S+. The summed E-state index contributed by atoms with van der Waals surface area (Å²) < 4.78 is 40.0. The van der Waals surface area contributed by atoms with E-state index in [9.17, 15) is 22.8 Å². The van der Waals surface area contributed by atoms with Crippen LogP contribution in [0.25, 0.3) is 0 Å². The van der Waals surface area contributed by atoms with Crippen molar-refractivity contribution >= 4 is 45.2 Å². The molecule has 4 amide bonds. The molecule has 1 aliphatic rings. The Kier molecular flexibility index (Phi) is 9.79. The molecule has 1 fully saturated rings. The number of hydrogen-bond acceptors (Lipinski definition) is 10. The van der Waals surface area contributed by atoms with Gasteiger partial charge in [0.15, 0.2) is 18.5 Å². The maximum absolute atomic E-state index is 12.8. The Bertz CT molecular complexity index is 1630. The zero-order chi connectivity index (χ0) is 33.0. The number of nitrogens with one attached hydrogen (secondary N) is 3. The molecule has 4 rings (SSSR count). The van der Waals surface area contributed by atoms with Crippen LogP contribution in [0.4, 0.5) is 22.0 Å². The minimum absolute atomic E-state index is 0.139. The number of hydroxylamine groups is 3. The SMILES string of the molecule is CN(C)C(=O)C[N+]1(OS(C)(=O)=O)CCC(Oc2ccc(C(=O)Nc3ccc(NC(=O)Nc4cc(C(C)(C)C)on4)cc3)nc2)C1. The summed E-state index contributed by atoms with van der Waals surface area (Å²) in [6.07, 6.45) is 2.36. The number of quaternary nitrogens is 1. The molecule has 3 N–H and O–H groups in total. The number of aromatic nitrogens is 2. The maximum Gasteiger partial charge on any atom is 0.324 e. The Morgan fingerprint density at radius 2 is 1.71 bits per heavy atom. The van der Waals surface area contributed by atoms with E-state index in [0.717, 1.165) is 6.26 Å². The summed E-state index contributed by atoms with van der Waals surface area (Å²) in [5, 5.41) is 11.9. The number of amides is 4. The number of likely N-dealkylation sites (tertiary alicyclic amines) is 1. The summed E-state index contributed by atoms with van der Waals surface area (Å²) in [5.41, 5.74) is 0.871. The molecule has 242 valence electrons. The predicted molar refractivity (Wildman–Crippen MR) is 165 cm³/mol. The van der Waals surface area contributed by atoms with E-state index in [1.165, 1.54) is 17.2 Å². The summed E-state index contributed by atoms with van der Waals surface area (Å²) in [6, 6.07) is 10.8. The molecule has 2 aromatic heterocycles. The lowest BCUT2D eigenvalue weighted by molar-refractivity contribution is -1.07. The van der Waals surface area contributed by atoms with Crippen LogP contribution in [0.3, 0.4) is 0 Å². The molecule has 0 radical (unpaired) electrons. The summed E-state index contributed by atoms with van der Waals surface area (Å²) in [7, 11) is -0.660. The highest BCUT2D eigenvalue weighted by molar-refractivity contribution is 7.85. The molecule has 1 aliphatic heterocycles. The fourth-order valence-corrected chi connectivity index (χ4v) is 5.28. The highest BCUT2D eigenvalue weighted by Gasteiger charge is 2.46. The Morgan fingerprint density at radius 3 is 2.27 bits per heavy atom. The van der Waals surface area contributed by atoms with Crippen LogP contribution in [0.1, 0.15) is 43.4 Å². The van der Waals surface area contributed by atoms with Crippen LogP contribution < -0.4 is 20.7 Å². The van der Waals surface area contributed by atoms with Crippen molar-refractivity contribution in [1.29, 1.82) is 0 Å². The van der Waals surface area contributed by atoms with E-state index in [1.54, 1.807) is 50.5 Å². The Hall–Kier alpha value is -4.54. The molecule has 16 heteroatoms. The third-order valence-corrected chi connectivity index (χ3v) is 7.36. The number of hydrogen-bond donors (Lipinski definition) is 3. The van der Waals surface area contributed by atoms with Crippen LogP contribution in [0.2, 0.25) is 0 Å². The molecule has 45 heavy (non-hydrogen) atoms. The van der Waals surface area contributed by atoms with Crippen molar-refractivity contribution in [2.45, 2.75) is 38.7 Å². The van der Waals surface area contributed by atoms with Gasteiger partial charge in [-0.15, -0.1) is 4.65 Å². The Labute approximate surface area is 261 Å². The second-order valence-electron chi connectivity index (χ2n) is 12.0. The number of urea groups is 1. The fourth-order valence-electron chi connectivity index (χ4n) is 4.52. The highest BCUT2D eigenvalue weighted by Crippen LogP contribution is 2.27. The normalized spacial score (nSPS) is 18.2. The summed E-state index contributed by atoms with van der Waals surface area (Å²) in [6.45, 7) is 6.17. The van der Waals surface area contributed by atoms with Crippen LogP contribution in [-0.4, -0.2) is 92.0 Å². The van der Waals surface area contributed by atoms with E-state index in [2.05, 4.69) is 26.1 Å². The van der Waals surface area contributed by atoms with Crippen molar-refractivity contribution < 1.29 is 41.0 Å². The van der Waals surface area contributed by atoms with Crippen LogP contribution in [0.15, 0.2) is 53.2 Å². The standard InChI is InChI=1S/C29H37N7O8S/c1-29(2,3)24-15-25(34-43-24)33-28(39)32-20-9-7-19(8-10-20)31-27(38)23-12-11-21(16-30-23)42-22-13-14-36(17-22,44-45(6,40)41)18-26(37)35(4)5/h7-12,15-16,22H,13-14,17-18H2,1-6H3,(H2-,30,31,32,33,34,38,39)/p+1. The minimum atomic E-state index is -3.84. The average Bonchev–Trinajstić information content (AvgIpc) is 3.56. The number of pyridine rings is 1. The smallest absolute Gasteiger partial charge is 0.324 e. The van der Waals surface area contributed by atoms with E-state index in [-0.39, 0.29) is 36.7 Å². The monoisotopic (exact) mass is 644 g/mol. The van der Waals surface area contributed by atoms with Gasteiger partial charge < -0.3 is 24.8 Å². The van der Waals surface area contributed by atoms with Crippen molar-refractivity contribution in [2.24, 2.45) is 0 Å². The predicted octanol–water partition coefficient (Wildman–Crippen LogP) is 3.21. The van der Waals surface area contributed by atoms with E-state index in [1.807, 2.05) is 20.8 Å². The van der Waals surface area contributed by atoms with E-state index in [0.29, 0.717) is 35.1 Å². The summed E-state index contributed by atoms with van der Waals surface area (Å²) in [5.74, 6) is 0.578. The zero-order valence-corrected chi connectivity index (χ0v) is 26.8. The second kappa shape index (κ2) is 13.2. The van der Waals surface area contributed by atoms with Gasteiger partial charge in [0.25, 0.3) is 11.8 Å². The lowest BCUT2D eigenvalue weighted by Gasteiger charge is -2.29. The first-order valence-corrected chi connectivity index (χ1v) is 15.9. The van der Waals surface area contributed by atoms with E-state index < -0.39 is 32.8 Å². The van der Waals surface area contributed by atoms with E-state index >= 15 is 0 Å². The third kappa shape index (κ3) is 9.47. The highest BCUT2D eigenvalue weighted by atomic mass is 32.2. The molecule has 1 saturated heterocycles. The lowest BCUT2D eigenvalue weighted by Crippen LogP contribution is -2.53. The van der Waals surface area contributed by atoms with Crippen LogP contribution >= 0.6 is 0 Å². The Balaban J connectivity index is 1.29. The number of ether oxygens (including phenoxy) is 1. The van der Waals surface area contributed by atoms with Gasteiger partial charge in [-0.05, 0) is 36.4 Å². The molecule has 2 unspecified atom stereocenters. The second-order valence-corrected chi connectivity index (χ2v) is 13.6. The summed E-state index contributed by atoms with van der Waals surface area (Å²) in [4.78, 5) is 43.0. The van der Waals surface area contributed by atoms with E-state index in [4.69, 9.17) is 13.5 Å². The fraction of sp³-hybridized carbons (Fsp3) is 0.414. The first-order chi connectivity index (χ1) is 21.0. The molecule has 1 aromatic carbocycles. The van der Waals surface area contributed by atoms with Gasteiger partial charge >= 0.3 is 16.1 Å². The lowest BCUT2D eigenvalue weighted by atomic mass is 9.93. The maximum atomic E-state index is 12.8. The first-order valence-electron chi connectivity index (χ1n) is 14.1. The molecule has 0 aliphatic carbocycles. The average molecular weight is 645 g/mol. The van der Waals surface area contributed by atoms with Crippen LogP contribution in [0.5, 0.6) is 5.75 Å². The molecular weight excluding hydrogens is 606 g/mol. The van der Waals surface area contributed by atoms with Crippen molar-refractivity contribution in [1.82, 2.24) is 15.0 Å². The van der Waals surface area contributed by atoms with Crippen LogP contribution in [-0.2, 0) is 24.6 Å². The van der Waals surface area contributed by atoms with Crippen molar-refractivity contribution in [3.63, 3.8) is 0 Å². The first kappa shape index (κ1) is 33.4. The van der Waals surface area contributed by atoms with Gasteiger partial charge in [-0.25, -0.2) is 9.78 Å². The molecule has 0 saturated carbocycles. The molecule has 0 spiro atoms. The molecule has 0 bridgehead atoms. The number of carbonyl (C=O) groups excluding carboxylic acids is 3. The van der Waals surface area contributed by atoms with Gasteiger partial charge in [0.05, 0.1) is 12.5 Å². The van der Waals surface area contributed by atoms with Crippen LogP contribution in [0, 0.1) is 0 Å². The van der Waals surface area contributed by atoms with Crippen molar-refractivity contribution in [3.8, 4) is 5.75 Å². The van der Waals surface area contributed by atoms with Gasteiger partial charge in [-0.3, -0.25) is 14.9 Å². The topological polar surface area (TPSA) is 182 Å². The molecule has 15 nitrogen and oxygen atoms in total. The molecule has 3 heterocycles. The van der Waals surface area contributed by atoms with Crippen molar-refractivity contribution in [2.75, 3.05) is 55.9 Å². The molecule has 2 atom stereocenters. The largest absolute Gasteiger partial charge is 0.483 e. The quantitative estimate of drug-likeness (QED) is 0.277. The number of carbonyl (C=O) groups is 3. The summed E-state index contributed by atoms with van der Waals surface area (Å²) >= 11 is 0. The number of nitrogens with zero attached hydrogens (tertiary/aromatic N) is 4. The third-order valence-electron chi connectivity index (χ3n) is 6.77. The van der Waals surface area contributed by atoms with Gasteiger partial charge in [0, 0.05) is 43.4 Å². The van der Waals surface area contributed by atoms with Crippen molar-refractivity contribution in [3.05, 3.63) is 60.1 Å². The number of likely N-dealkylation sites (N-methyl/N-ethyl adjacent to an activating group) is 1. The Morgan fingerprint density at radius 1 is 1.04 bits per heavy atom. The van der Waals surface area contributed by atoms with Gasteiger partial charge in [0.2, 0.25) is 0 Å². The van der Waals surface area contributed by atoms with Gasteiger partial charge in [-0.2, -0.15) is 8.42 Å². The molecule has 3 aromatic rings. The number of rotatable bonds is 10. The zero-order valence-electron chi connectivity index (χ0n) is 26.0. The number of benzene rings is 1. The number of anilines is 3. The van der Waals surface area contributed by atoms with Gasteiger partial charge in [-0.1, -0.05) is 30.2 Å². The minimum Gasteiger partial charge on any atom is -0.483 e. The van der Waals surface area contributed by atoms with Gasteiger partial charge in [0.1, 0.15) is 30.3 Å².